The average molecular weight is 364 g/mol. The van der Waals surface area contributed by atoms with E-state index in [1.54, 1.807) is 0 Å². The largest absolute Gasteiger partial charge is 0.265 e. The average Bonchev–Trinajstić information content (AvgIpc) is 2.79. The first-order valence-electron chi connectivity index (χ1n) is 9.85. The van der Waals surface area contributed by atoms with Gasteiger partial charge in [0.05, 0.1) is 0 Å². The SMILES string of the molecule is CCc1ccc(-c2ccc(CCc3ccc(-c4ccncc4)cc3)nc2)cc1. The van der Waals surface area contributed by atoms with Gasteiger partial charge in [0, 0.05) is 29.8 Å². The van der Waals surface area contributed by atoms with Crippen LogP contribution in [0.25, 0.3) is 22.3 Å². The van der Waals surface area contributed by atoms with Crippen molar-refractivity contribution in [2.45, 2.75) is 26.2 Å². The Hall–Kier alpha value is -3.26. The molecule has 0 radical (unpaired) electrons. The molecule has 0 unspecified atom stereocenters. The Bertz CT molecular complexity index is 1000. The molecule has 2 nitrogen and oxygen atoms in total. The van der Waals surface area contributed by atoms with Gasteiger partial charge < -0.3 is 0 Å². The zero-order valence-corrected chi connectivity index (χ0v) is 16.2. The Morgan fingerprint density at radius 3 is 1.75 bits per heavy atom. The minimum Gasteiger partial charge on any atom is -0.265 e. The van der Waals surface area contributed by atoms with Gasteiger partial charge in [0.1, 0.15) is 0 Å². The van der Waals surface area contributed by atoms with Gasteiger partial charge in [-0.3, -0.25) is 9.97 Å². The minimum atomic E-state index is 0.948. The van der Waals surface area contributed by atoms with Crippen molar-refractivity contribution in [2.24, 2.45) is 0 Å². The predicted molar refractivity (Wildman–Crippen MR) is 116 cm³/mol. The van der Waals surface area contributed by atoms with E-state index in [2.05, 4.69) is 77.6 Å². The zero-order valence-electron chi connectivity index (χ0n) is 16.2. The lowest BCUT2D eigenvalue weighted by Crippen LogP contribution is -1.95. The second kappa shape index (κ2) is 8.62. The highest BCUT2D eigenvalue weighted by atomic mass is 14.7. The van der Waals surface area contributed by atoms with Crippen LogP contribution in [0.4, 0.5) is 0 Å². The van der Waals surface area contributed by atoms with Crippen molar-refractivity contribution in [3.05, 3.63) is 108 Å². The maximum atomic E-state index is 4.67. The second-order valence-electron chi connectivity index (χ2n) is 7.02. The number of benzene rings is 2. The number of pyridine rings is 2. The summed E-state index contributed by atoms with van der Waals surface area (Å²) < 4.78 is 0. The standard InChI is InChI=1S/C26H24N2/c1-2-20-3-8-23(9-4-20)25-12-14-26(28-19-25)13-7-21-5-10-22(11-6-21)24-15-17-27-18-16-24/h3-6,8-12,14-19H,2,7,13H2,1H3. The highest BCUT2D eigenvalue weighted by Gasteiger charge is 2.02. The number of nitrogens with zero attached hydrogens (tertiary/aromatic N) is 2. The number of hydrogen-bond acceptors (Lipinski definition) is 2. The molecular formula is C26H24N2. The molecule has 0 fully saturated rings. The molecule has 0 aliphatic carbocycles. The van der Waals surface area contributed by atoms with E-state index in [-0.39, 0.29) is 0 Å². The second-order valence-corrected chi connectivity index (χ2v) is 7.02. The highest BCUT2D eigenvalue weighted by molar-refractivity contribution is 5.63. The lowest BCUT2D eigenvalue weighted by atomic mass is 10.0. The summed E-state index contributed by atoms with van der Waals surface area (Å²) in [5, 5.41) is 0. The summed E-state index contributed by atoms with van der Waals surface area (Å²) in [6.45, 7) is 2.18. The molecular weight excluding hydrogens is 340 g/mol. The van der Waals surface area contributed by atoms with E-state index < -0.39 is 0 Å². The fraction of sp³-hybridized carbons (Fsp3) is 0.154. The molecule has 2 heterocycles. The van der Waals surface area contributed by atoms with Crippen molar-refractivity contribution >= 4 is 0 Å². The van der Waals surface area contributed by atoms with Gasteiger partial charge in [0.15, 0.2) is 0 Å². The molecule has 0 saturated carbocycles. The number of aryl methyl sites for hydroxylation is 3. The molecule has 0 atom stereocenters. The Balaban J connectivity index is 1.38. The molecule has 2 aromatic carbocycles. The third-order valence-corrected chi connectivity index (χ3v) is 5.16. The van der Waals surface area contributed by atoms with Crippen LogP contribution in [0.5, 0.6) is 0 Å². The maximum Gasteiger partial charge on any atom is 0.0407 e. The Kier molecular flexibility index (Phi) is 5.58. The van der Waals surface area contributed by atoms with Crippen LogP contribution in [0.2, 0.25) is 0 Å². The minimum absolute atomic E-state index is 0.948. The first-order valence-corrected chi connectivity index (χ1v) is 9.85. The molecule has 138 valence electrons. The van der Waals surface area contributed by atoms with Crippen LogP contribution in [0, 0.1) is 0 Å². The van der Waals surface area contributed by atoms with E-state index in [1.807, 2.05) is 30.7 Å². The fourth-order valence-corrected chi connectivity index (χ4v) is 3.36. The van der Waals surface area contributed by atoms with Gasteiger partial charge in [-0.2, -0.15) is 0 Å². The Morgan fingerprint density at radius 2 is 1.14 bits per heavy atom. The number of rotatable bonds is 6. The van der Waals surface area contributed by atoms with Crippen LogP contribution >= 0.6 is 0 Å². The normalized spacial score (nSPS) is 10.8. The van der Waals surface area contributed by atoms with E-state index in [0.717, 1.165) is 25.0 Å². The van der Waals surface area contributed by atoms with Crippen LogP contribution in [0.1, 0.15) is 23.7 Å². The van der Waals surface area contributed by atoms with Crippen molar-refractivity contribution in [2.75, 3.05) is 0 Å². The van der Waals surface area contributed by atoms with Gasteiger partial charge >= 0.3 is 0 Å². The number of aromatic nitrogens is 2. The molecule has 4 aromatic rings. The van der Waals surface area contributed by atoms with Crippen LogP contribution in [0.3, 0.4) is 0 Å². The van der Waals surface area contributed by atoms with Gasteiger partial charge in [0.25, 0.3) is 0 Å². The van der Waals surface area contributed by atoms with E-state index >= 15 is 0 Å². The Morgan fingerprint density at radius 1 is 0.571 bits per heavy atom. The topological polar surface area (TPSA) is 25.8 Å². The van der Waals surface area contributed by atoms with Gasteiger partial charge in [-0.1, -0.05) is 61.5 Å². The number of hydrogen-bond donors (Lipinski definition) is 0. The monoisotopic (exact) mass is 364 g/mol. The fourth-order valence-electron chi connectivity index (χ4n) is 3.36. The summed E-state index contributed by atoms with van der Waals surface area (Å²) in [6, 6.07) is 25.9. The van der Waals surface area contributed by atoms with Crippen molar-refractivity contribution < 1.29 is 0 Å². The lowest BCUT2D eigenvalue weighted by Gasteiger charge is -2.06. The molecule has 0 aliphatic rings. The predicted octanol–water partition coefficient (Wildman–Crippen LogP) is 6.16. The lowest BCUT2D eigenvalue weighted by molar-refractivity contribution is 0.914. The van der Waals surface area contributed by atoms with Gasteiger partial charge in [-0.05, 0) is 65.3 Å². The zero-order chi connectivity index (χ0) is 19.2. The summed E-state index contributed by atoms with van der Waals surface area (Å²) in [5.74, 6) is 0. The summed E-state index contributed by atoms with van der Waals surface area (Å²) in [6.07, 6.45) is 8.66. The molecule has 4 rings (SSSR count). The van der Waals surface area contributed by atoms with Crippen LogP contribution in [-0.2, 0) is 19.3 Å². The van der Waals surface area contributed by atoms with Crippen LogP contribution in [-0.4, -0.2) is 9.97 Å². The van der Waals surface area contributed by atoms with Crippen LogP contribution in [0.15, 0.2) is 91.4 Å². The van der Waals surface area contributed by atoms with E-state index in [9.17, 15) is 0 Å². The molecule has 28 heavy (non-hydrogen) atoms. The van der Waals surface area contributed by atoms with Gasteiger partial charge in [-0.15, -0.1) is 0 Å². The quantitative estimate of drug-likeness (QED) is 0.409. The molecule has 0 N–H and O–H groups in total. The third-order valence-electron chi connectivity index (χ3n) is 5.16. The van der Waals surface area contributed by atoms with Crippen LogP contribution < -0.4 is 0 Å². The van der Waals surface area contributed by atoms with Crippen molar-refractivity contribution in [3.8, 4) is 22.3 Å². The summed E-state index contributed by atoms with van der Waals surface area (Å²) in [4.78, 5) is 8.75. The van der Waals surface area contributed by atoms with Crippen molar-refractivity contribution in [1.29, 1.82) is 0 Å². The molecule has 0 saturated heterocycles. The Labute approximate surface area is 167 Å². The molecule has 0 aliphatic heterocycles. The first-order chi connectivity index (χ1) is 13.8. The van der Waals surface area contributed by atoms with E-state index in [4.69, 9.17) is 0 Å². The van der Waals surface area contributed by atoms with E-state index in [1.165, 1.54) is 33.4 Å². The smallest absolute Gasteiger partial charge is 0.0407 e. The third kappa shape index (κ3) is 4.34. The first kappa shape index (κ1) is 18.1. The van der Waals surface area contributed by atoms with Crippen molar-refractivity contribution in [3.63, 3.8) is 0 Å². The summed E-state index contributed by atoms with van der Waals surface area (Å²) in [5.41, 5.74) is 8.65. The highest BCUT2D eigenvalue weighted by Crippen LogP contribution is 2.21. The molecule has 0 bridgehead atoms. The van der Waals surface area contributed by atoms with E-state index in [0.29, 0.717) is 0 Å². The van der Waals surface area contributed by atoms with Gasteiger partial charge in [0.2, 0.25) is 0 Å². The van der Waals surface area contributed by atoms with Crippen molar-refractivity contribution in [1.82, 2.24) is 9.97 Å². The summed E-state index contributed by atoms with van der Waals surface area (Å²) in [7, 11) is 0. The summed E-state index contributed by atoms with van der Waals surface area (Å²) >= 11 is 0. The molecule has 2 aromatic heterocycles. The molecule has 0 amide bonds. The van der Waals surface area contributed by atoms with Gasteiger partial charge in [-0.25, -0.2) is 0 Å². The molecule has 0 spiro atoms. The maximum absolute atomic E-state index is 4.67. The molecule has 2 heteroatoms.